The van der Waals surface area contributed by atoms with Gasteiger partial charge in [-0.15, -0.1) is 0 Å². The third-order valence-corrected chi connectivity index (χ3v) is 3.04. The van der Waals surface area contributed by atoms with Crippen LogP contribution in [0.3, 0.4) is 0 Å². The van der Waals surface area contributed by atoms with Gasteiger partial charge in [-0.2, -0.15) is 5.10 Å². The van der Waals surface area contributed by atoms with E-state index in [0.717, 1.165) is 28.3 Å². The molecule has 0 amide bonds. The number of aliphatic hydroxyl groups excluding tert-OH is 1. The van der Waals surface area contributed by atoms with E-state index in [4.69, 9.17) is 9.84 Å². The van der Waals surface area contributed by atoms with Gasteiger partial charge in [0, 0.05) is 11.3 Å². The van der Waals surface area contributed by atoms with Gasteiger partial charge in [-0.25, -0.2) is 0 Å². The van der Waals surface area contributed by atoms with Crippen molar-refractivity contribution in [3.05, 3.63) is 46.8 Å². The Balaban J connectivity index is 2.39. The van der Waals surface area contributed by atoms with Crippen LogP contribution in [0.15, 0.2) is 24.3 Å². The smallest absolute Gasteiger partial charge is 0.119 e. The molecule has 2 aromatic rings. The number of methoxy groups -OCH3 is 1. The second-order valence-electron chi connectivity index (χ2n) is 4.57. The number of aryl methyl sites for hydroxylation is 2. The van der Waals surface area contributed by atoms with Crippen LogP contribution in [0.5, 0.6) is 5.75 Å². The Kier molecular flexibility index (Phi) is 4.44. The summed E-state index contributed by atoms with van der Waals surface area (Å²) in [4.78, 5) is 0. The van der Waals surface area contributed by atoms with Crippen LogP contribution in [0.25, 0.3) is 0 Å². The van der Waals surface area contributed by atoms with E-state index < -0.39 is 0 Å². The van der Waals surface area contributed by atoms with Gasteiger partial charge in [-0.3, -0.25) is 4.68 Å². The van der Waals surface area contributed by atoms with Crippen LogP contribution in [0, 0.1) is 25.7 Å². The van der Waals surface area contributed by atoms with Crippen LogP contribution in [0.1, 0.15) is 22.5 Å². The minimum absolute atomic E-state index is 0.147. The first-order valence-corrected chi connectivity index (χ1v) is 6.41. The molecule has 4 nitrogen and oxygen atoms in total. The molecule has 1 N–H and O–H groups in total. The number of benzene rings is 1. The fraction of sp³-hybridized carbons (Fsp3) is 0.312. The Morgan fingerprint density at radius 3 is 2.70 bits per heavy atom. The third kappa shape index (κ3) is 3.19. The quantitative estimate of drug-likeness (QED) is 0.867. The molecule has 0 aliphatic rings. The molecule has 0 unspecified atom stereocenters. The van der Waals surface area contributed by atoms with E-state index in [9.17, 15) is 0 Å². The van der Waals surface area contributed by atoms with Gasteiger partial charge in [0.15, 0.2) is 0 Å². The molecule has 0 saturated heterocycles. The molecule has 0 radical (unpaired) electrons. The topological polar surface area (TPSA) is 47.3 Å². The highest BCUT2D eigenvalue weighted by Crippen LogP contribution is 2.19. The Morgan fingerprint density at radius 1 is 1.30 bits per heavy atom. The van der Waals surface area contributed by atoms with Crippen molar-refractivity contribution in [1.29, 1.82) is 0 Å². The van der Waals surface area contributed by atoms with Gasteiger partial charge in [-0.05, 0) is 43.7 Å². The summed E-state index contributed by atoms with van der Waals surface area (Å²) < 4.78 is 7.20. The van der Waals surface area contributed by atoms with Crippen molar-refractivity contribution in [2.24, 2.45) is 0 Å². The average molecular weight is 270 g/mol. The minimum atomic E-state index is -0.147. The average Bonchev–Trinajstić information content (AvgIpc) is 2.75. The molecule has 104 valence electrons. The molecule has 0 atom stereocenters. The number of aromatic nitrogens is 2. The van der Waals surface area contributed by atoms with E-state index in [1.165, 1.54) is 0 Å². The largest absolute Gasteiger partial charge is 0.497 e. The number of hydrogen-bond donors (Lipinski definition) is 1. The summed E-state index contributed by atoms with van der Waals surface area (Å²) in [6.07, 6.45) is 0. The summed E-state index contributed by atoms with van der Waals surface area (Å²) in [5, 5.41) is 13.3. The highest BCUT2D eigenvalue weighted by molar-refractivity contribution is 5.45. The van der Waals surface area contributed by atoms with Crippen molar-refractivity contribution >= 4 is 0 Å². The van der Waals surface area contributed by atoms with Crippen molar-refractivity contribution in [2.45, 2.75) is 20.4 Å². The number of nitrogens with zero attached hydrogens (tertiary/aromatic N) is 2. The van der Waals surface area contributed by atoms with E-state index in [1.807, 2.05) is 42.8 Å². The minimum Gasteiger partial charge on any atom is -0.497 e. The van der Waals surface area contributed by atoms with Crippen LogP contribution in [-0.4, -0.2) is 28.6 Å². The molecule has 0 bridgehead atoms. The maximum absolute atomic E-state index is 8.84. The van der Waals surface area contributed by atoms with Crippen molar-refractivity contribution in [3.63, 3.8) is 0 Å². The number of aliphatic hydroxyl groups is 1. The molecular weight excluding hydrogens is 252 g/mol. The molecule has 0 aliphatic heterocycles. The third-order valence-electron chi connectivity index (χ3n) is 3.04. The lowest BCUT2D eigenvalue weighted by Gasteiger charge is -2.09. The number of ether oxygens (including phenoxy) is 1. The molecule has 2 rings (SSSR count). The fourth-order valence-electron chi connectivity index (χ4n) is 2.08. The first-order chi connectivity index (χ1) is 9.63. The SMILES string of the molecule is COc1ccc(C#CCO)c(Cn2nc(C)cc2C)c1. The standard InChI is InChI=1S/C16H18N2O2/c1-12-9-13(2)18(17-12)11-15-10-16(20-3)7-6-14(15)5-4-8-19/h6-7,9-10,19H,8,11H2,1-3H3. The summed E-state index contributed by atoms with van der Waals surface area (Å²) in [7, 11) is 1.64. The molecule has 1 aromatic heterocycles. The van der Waals surface area contributed by atoms with E-state index in [1.54, 1.807) is 7.11 Å². The van der Waals surface area contributed by atoms with Gasteiger partial charge in [0.05, 0.1) is 19.3 Å². The summed E-state index contributed by atoms with van der Waals surface area (Å²) in [5.41, 5.74) is 4.00. The van der Waals surface area contributed by atoms with Gasteiger partial charge in [0.1, 0.15) is 12.4 Å². The zero-order valence-electron chi connectivity index (χ0n) is 12.0. The van der Waals surface area contributed by atoms with Gasteiger partial charge in [-0.1, -0.05) is 11.8 Å². The highest BCUT2D eigenvalue weighted by atomic mass is 16.5. The van der Waals surface area contributed by atoms with Crippen LogP contribution in [0.2, 0.25) is 0 Å². The molecule has 1 heterocycles. The summed E-state index contributed by atoms with van der Waals surface area (Å²) in [6.45, 7) is 4.48. The van der Waals surface area contributed by atoms with Gasteiger partial charge in [0.25, 0.3) is 0 Å². The summed E-state index contributed by atoms with van der Waals surface area (Å²) in [5.74, 6) is 6.44. The Bertz CT molecular complexity index is 663. The first kappa shape index (κ1) is 14.2. The lowest BCUT2D eigenvalue weighted by Crippen LogP contribution is -2.06. The highest BCUT2D eigenvalue weighted by Gasteiger charge is 2.07. The molecule has 0 saturated carbocycles. The first-order valence-electron chi connectivity index (χ1n) is 6.41. The zero-order chi connectivity index (χ0) is 14.5. The second kappa shape index (κ2) is 6.27. The van der Waals surface area contributed by atoms with Crippen molar-refractivity contribution in [1.82, 2.24) is 9.78 Å². The Hall–Kier alpha value is -2.25. The van der Waals surface area contributed by atoms with E-state index in [0.29, 0.717) is 6.54 Å². The number of hydrogen-bond acceptors (Lipinski definition) is 3. The van der Waals surface area contributed by atoms with E-state index >= 15 is 0 Å². The molecule has 0 aliphatic carbocycles. The Morgan fingerprint density at radius 2 is 2.10 bits per heavy atom. The number of rotatable bonds is 3. The normalized spacial score (nSPS) is 10.0. The lowest BCUT2D eigenvalue weighted by atomic mass is 10.1. The Labute approximate surface area is 119 Å². The lowest BCUT2D eigenvalue weighted by molar-refractivity contribution is 0.350. The van der Waals surface area contributed by atoms with Crippen molar-refractivity contribution < 1.29 is 9.84 Å². The predicted octanol–water partition coefficient (Wildman–Crippen LogP) is 1.90. The van der Waals surface area contributed by atoms with E-state index in [-0.39, 0.29) is 6.61 Å². The zero-order valence-corrected chi connectivity index (χ0v) is 12.0. The summed E-state index contributed by atoms with van der Waals surface area (Å²) >= 11 is 0. The molecule has 0 fully saturated rings. The predicted molar refractivity (Wildman–Crippen MR) is 77.8 cm³/mol. The maximum Gasteiger partial charge on any atom is 0.119 e. The van der Waals surface area contributed by atoms with Crippen LogP contribution in [-0.2, 0) is 6.54 Å². The van der Waals surface area contributed by atoms with Crippen LogP contribution < -0.4 is 4.74 Å². The monoisotopic (exact) mass is 270 g/mol. The van der Waals surface area contributed by atoms with Gasteiger partial charge < -0.3 is 9.84 Å². The molecule has 1 aromatic carbocycles. The van der Waals surface area contributed by atoms with Crippen molar-refractivity contribution in [3.8, 4) is 17.6 Å². The van der Waals surface area contributed by atoms with Crippen LogP contribution in [0.4, 0.5) is 0 Å². The second-order valence-corrected chi connectivity index (χ2v) is 4.57. The molecule has 4 heteroatoms. The summed E-state index contributed by atoms with van der Waals surface area (Å²) in [6, 6.07) is 7.77. The van der Waals surface area contributed by atoms with E-state index in [2.05, 4.69) is 16.9 Å². The maximum atomic E-state index is 8.84. The van der Waals surface area contributed by atoms with Crippen LogP contribution >= 0.6 is 0 Å². The molecule has 0 spiro atoms. The molecular formula is C16H18N2O2. The van der Waals surface area contributed by atoms with Crippen molar-refractivity contribution in [2.75, 3.05) is 13.7 Å². The fourth-order valence-corrected chi connectivity index (χ4v) is 2.08. The molecule has 20 heavy (non-hydrogen) atoms. The van der Waals surface area contributed by atoms with Gasteiger partial charge >= 0.3 is 0 Å². The van der Waals surface area contributed by atoms with Gasteiger partial charge in [0.2, 0.25) is 0 Å².